The molecular formula is C16H24N2O. The number of hydrogen-bond donors (Lipinski definition) is 1. The van der Waals surface area contributed by atoms with Crippen LogP contribution in [0.4, 0.5) is 5.69 Å². The average Bonchev–Trinajstić information content (AvgIpc) is 2.73. The van der Waals surface area contributed by atoms with Crippen molar-refractivity contribution in [3.63, 3.8) is 0 Å². The maximum atomic E-state index is 12.1. The second-order valence-electron chi connectivity index (χ2n) is 5.36. The molecule has 0 unspecified atom stereocenters. The molecule has 0 atom stereocenters. The molecule has 0 heterocycles. The molecule has 0 bridgehead atoms. The highest BCUT2D eigenvalue weighted by Gasteiger charge is 2.15. The lowest BCUT2D eigenvalue weighted by molar-refractivity contribution is -0.117. The predicted molar refractivity (Wildman–Crippen MR) is 79.3 cm³/mol. The Bertz CT molecular complexity index is 383. The zero-order valence-corrected chi connectivity index (χ0v) is 11.8. The van der Waals surface area contributed by atoms with Crippen molar-refractivity contribution < 1.29 is 4.79 Å². The van der Waals surface area contributed by atoms with Crippen molar-refractivity contribution in [1.29, 1.82) is 0 Å². The Morgan fingerprint density at radius 2 is 1.79 bits per heavy atom. The normalized spacial score (nSPS) is 16.9. The van der Waals surface area contributed by atoms with E-state index in [2.05, 4.69) is 5.32 Å². The predicted octanol–water partition coefficient (Wildman–Crippen LogP) is 2.96. The molecule has 0 spiro atoms. The van der Waals surface area contributed by atoms with E-state index < -0.39 is 0 Å². The summed E-state index contributed by atoms with van der Waals surface area (Å²) in [5.74, 6) is 0.135. The van der Waals surface area contributed by atoms with Gasteiger partial charge >= 0.3 is 0 Å². The number of nitrogens with one attached hydrogen (secondary N) is 1. The van der Waals surface area contributed by atoms with Gasteiger partial charge in [0.05, 0.1) is 6.54 Å². The van der Waals surface area contributed by atoms with Crippen molar-refractivity contribution in [3.05, 3.63) is 30.3 Å². The van der Waals surface area contributed by atoms with Crippen molar-refractivity contribution in [2.45, 2.75) is 44.6 Å². The number of carbonyl (C=O) groups is 1. The Morgan fingerprint density at radius 3 is 2.42 bits per heavy atom. The van der Waals surface area contributed by atoms with Crippen LogP contribution >= 0.6 is 0 Å². The van der Waals surface area contributed by atoms with Gasteiger partial charge < -0.3 is 10.2 Å². The Morgan fingerprint density at radius 1 is 1.16 bits per heavy atom. The number of likely N-dealkylation sites (N-methyl/N-ethyl adjacent to an activating group) is 1. The number of hydrogen-bond acceptors (Lipinski definition) is 2. The van der Waals surface area contributed by atoms with Crippen LogP contribution in [0.5, 0.6) is 0 Å². The molecule has 1 amide bonds. The largest absolute Gasteiger partial charge is 0.314 e. The van der Waals surface area contributed by atoms with Gasteiger partial charge in [0.1, 0.15) is 0 Å². The molecule has 1 aromatic rings. The van der Waals surface area contributed by atoms with Crippen LogP contribution in [-0.4, -0.2) is 25.5 Å². The van der Waals surface area contributed by atoms with Gasteiger partial charge in [-0.1, -0.05) is 43.9 Å². The topological polar surface area (TPSA) is 32.3 Å². The van der Waals surface area contributed by atoms with E-state index >= 15 is 0 Å². The number of rotatable bonds is 4. The Kier molecular flexibility index (Phi) is 5.40. The fraction of sp³-hybridized carbons (Fsp3) is 0.562. The second-order valence-corrected chi connectivity index (χ2v) is 5.36. The summed E-state index contributed by atoms with van der Waals surface area (Å²) in [5.41, 5.74) is 0.954. The number of anilines is 1. The summed E-state index contributed by atoms with van der Waals surface area (Å²) in [6.07, 6.45) is 7.69. The smallest absolute Gasteiger partial charge is 0.240 e. The van der Waals surface area contributed by atoms with E-state index in [0.29, 0.717) is 12.6 Å². The van der Waals surface area contributed by atoms with E-state index in [1.165, 1.54) is 38.5 Å². The van der Waals surface area contributed by atoms with Crippen molar-refractivity contribution in [3.8, 4) is 0 Å². The summed E-state index contributed by atoms with van der Waals surface area (Å²) < 4.78 is 0. The van der Waals surface area contributed by atoms with E-state index in [1.807, 2.05) is 37.4 Å². The number of nitrogens with zero attached hydrogens (tertiary/aromatic N) is 1. The minimum Gasteiger partial charge on any atom is -0.314 e. The molecule has 1 saturated carbocycles. The lowest BCUT2D eigenvalue weighted by Gasteiger charge is -2.20. The van der Waals surface area contributed by atoms with E-state index in [-0.39, 0.29) is 5.91 Å². The molecule has 0 saturated heterocycles. The van der Waals surface area contributed by atoms with Gasteiger partial charge in [0, 0.05) is 18.8 Å². The molecule has 1 N–H and O–H groups in total. The maximum Gasteiger partial charge on any atom is 0.240 e. The monoisotopic (exact) mass is 260 g/mol. The zero-order valence-electron chi connectivity index (χ0n) is 11.8. The van der Waals surface area contributed by atoms with E-state index in [0.717, 1.165) is 5.69 Å². The zero-order chi connectivity index (χ0) is 13.5. The summed E-state index contributed by atoms with van der Waals surface area (Å²) in [6, 6.07) is 10.3. The average molecular weight is 260 g/mol. The highest BCUT2D eigenvalue weighted by molar-refractivity contribution is 5.94. The van der Waals surface area contributed by atoms with Gasteiger partial charge in [-0.25, -0.2) is 0 Å². The van der Waals surface area contributed by atoms with Crippen LogP contribution in [-0.2, 0) is 4.79 Å². The molecule has 1 aliphatic carbocycles. The Balaban J connectivity index is 1.80. The van der Waals surface area contributed by atoms with Gasteiger partial charge in [0.2, 0.25) is 5.91 Å². The molecule has 104 valence electrons. The summed E-state index contributed by atoms with van der Waals surface area (Å²) in [7, 11) is 1.84. The van der Waals surface area contributed by atoms with Gasteiger partial charge in [-0.15, -0.1) is 0 Å². The first kappa shape index (κ1) is 14.1. The third-order valence-corrected chi connectivity index (χ3v) is 3.91. The summed E-state index contributed by atoms with van der Waals surface area (Å²) in [4.78, 5) is 13.9. The SMILES string of the molecule is CN(C(=O)CNC1CCCCCC1)c1ccccc1. The van der Waals surface area contributed by atoms with Crippen molar-refractivity contribution >= 4 is 11.6 Å². The number of carbonyl (C=O) groups excluding carboxylic acids is 1. The molecule has 0 aliphatic heterocycles. The molecular weight excluding hydrogens is 236 g/mol. The Hall–Kier alpha value is -1.35. The van der Waals surface area contributed by atoms with E-state index in [1.54, 1.807) is 4.90 Å². The molecule has 2 rings (SSSR count). The first-order valence-electron chi connectivity index (χ1n) is 7.32. The summed E-state index contributed by atoms with van der Waals surface area (Å²) in [6.45, 7) is 0.441. The van der Waals surface area contributed by atoms with Crippen molar-refractivity contribution in [2.24, 2.45) is 0 Å². The fourth-order valence-electron chi connectivity index (χ4n) is 2.63. The minimum absolute atomic E-state index is 0.135. The van der Waals surface area contributed by atoms with Gasteiger partial charge in [0.15, 0.2) is 0 Å². The first-order valence-corrected chi connectivity index (χ1v) is 7.32. The van der Waals surface area contributed by atoms with Crippen LogP contribution < -0.4 is 10.2 Å². The minimum atomic E-state index is 0.135. The highest BCUT2D eigenvalue weighted by atomic mass is 16.2. The van der Waals surface area contributed by atoms with Crippen molar-refractivity contribution in [2.75, 3.05) is 18.5 Å². The third kappa shape index (κ3) is 4.35. The molecule has 0 radical (unpaired) electrons. The van der Waals surface area contributed by atoms with Crippen LogP contribution in [0.25, 0.3) is 0 Å². The maximum absolute atomic E-state index is 12.1. The molecule has 3 heteroatoms. The standard InChI is InChI=1S/C16H24N2O/c1-18(15-11-7-4-8-12-15)16(19)13-17-14-9-5-2-3-6-10-14/h4,7-8,11-12,14,17H,2-3,5-6,9-10,13H2,1H3. The molecule has 1 fully saturated rings. The van der Waals surface area contributed by atoms with Crippen LogP contribution in [0.15, 0.2) is 30.3 Å². The van der Waals surface area contributed by atoms with Crippen LogP contribution in [0.1, 0.15) is 38.5 Å². The quantitative estimate of drug-likeness (QED) is 0.844. The van der Waals surface area contributed by atoms with Crippen LogP contribution in [0.2, 0.25) is 0 Å². The van der Waals surface area contributed by atoms with Crippen LogP contribution in [0.3, 0.4) is 0 Å². The lowest BCUT2D eigenvalue weighted by atomic mass is 10.1. The Labute approximate surface area is 116 Å². The van der Waals surface area contributed by atoms with E-state index in [4.69, 9.17) is 0 Å². The summed E-state index contributed by atoms with van der Waals surface area (Å²) >= 11 is 0. The number of para-hydroxylation sites is 1. The first-order chi connectivity index (χ1) is 9.27. The van der Waals surface area contributed by atoms with Crippen LogP contribution in [0, 0.1) is 0 Å². The molecule has 1 aliphatic rings. The molecule has 19 heavy (non-hydrogen) atoms. The van der Waals surface area contributed by atoms with Gasteiger partial charge in [-0.3, -0.25) is 4.79 Å². The number of benzene rings is 1. The second kappa shape index (κ2) is 7.29. The highest BCUT2D eigenvalue weighted by Crippen LogP contribution is 2.17. The number of amides is 1. The third-order valence-electron chi connectivity index (χ3n) is 3.91. The summed E-state index contributed by atoms with van der Waals surface area (Å²) in [5, 5.41) is 3.42. The van der Waals surface area contributed by atoms with Crippen molar-refractivity contribution in [1.82, 2.24) is 5.32 Å². The van der Waals surface area contributed by atoms with Gasteiger partial charge in [-0.2, -0.15) is 0 Å². The van der Waals surface area contributed by atoms with E-state index in [9.17, 15) is 4.79 Å². The van der Waals surface area contributed by atoms with Gasteiger partial charge in [0.25, 0.3) is 0 Å². The lowest BCUT2D eigenvalue weighted by Crippen LogP contribution is -2.40. The molecule has 0 aromatic heterocycles. The van der Waals surface area contributed by atoms with Gasteiger partial charge in [-0.05, 0) is 25.0 Å². The molecule has 3 nitrogen and oxygen atoms in total. The fourth-order valence-corrected chi connectivity index (χ4v) is 2.63. The molecule has 1 aromatic carbocycles.